The van der Waals surface area contributed by atoms with Crippen molar-refractivity contribution in [2.24, 2.45) is 29.4 Å². The molecule has 5 N–H and O–H groups in total. The van der Waals surface area contributed by atoms with Gasteiger partial charge in [-0.2, -0.15) is 0 Å². The highest BCUT2D eigenvalue weighted by Gasteiger charge is 2.30. The van der Waals surface area contributed by atoms with E-state index in [4.69, 9.17) is 19.9 Å². The molecule has 0 radical (unpaired) electrons. The van der Waals surface area contributed by atoms with E-state index < -0.39 is 12.1 Å². The number of benzene rings is 1. The van der Waals surface area contributed by atoms with Crippen LogP contribution in [0.1, 0.15) is 103 Å². The van der Waals surface area contributed by atoms with Gasteiger partial charge in [0.15, 0.2) is 0 Å². The molecule has 1 aliphatic heterocycles. The number of aliphatic hydroxyl groups is 1. The van der Waals surface area contributed by atoms with Gasteiger partial charge in [0.1, 0.15) is 18.1 Å². The Kier molecular flexibility index (Phi) is 25.9. The number of hydrogen-bond acceptors (Lipinski definition) is 8. The molecule has 0 spiro atoms. The number of piperidine rings is 1. The Hall–Kier alpha value is -1.82. The first-order valence-corrected chi connectivity index (χ1v) is 18.2. The standard InChI is InChI=1S/C37H66N4O6.2ClH/c1-7-8-16-39-37(44)32(28(4)5)25-34(42)33(38)23-29(27(2)3)26-40-36(43)31-15-14-30(24-35(31)47-21-13-12-20-45-6)46-22-19-41-17-10-9-11-18-41;;/h14-15,24,27-29,32-34,42H,7-13,16-23,25-26,38H2,1-6H3,(H,39,44)(H,40,43);2*1H. The number of hydrogen-bond donors (Lipinski definition) is 4. The molecule has 1 aromatic rings. The summed E-state index contributed by atoms with van der Waals surface area (Å²) in [6.07, 6.45) is 7.41. The van der Waals surface area contributed by atoms with Crippen LogP contribution in [0.4, 0.5) is 0 Å². The van der Waals surface area contributed by atoms with E-state index in [0.717, 1.165) is 45.3 Å². The first-order chi connectivity index (χ1) is 22.6. The SMILES string of the molecule is CCCCNC(=O)C(CC(O)C(N)CC(CNC(=O)c1ccc(OCCN2CCCCC2)cc1OCCCCOC)C(C)C)C(C)C.Cl.Cl. The van der Waals surface area contributed by atoms with E-state index in [1.165, 1.54) is 19.3 Å². The number of halogens is 2. The molecule has 2 rings (SSSR count). The van der Waals surface area contributed by atoms with Crippen LogP contribution >= 0.6 is 24.8 Å². The van der Waals surface area contributed by atoms with E-state index in [1.54, 1.807) is 13.2 Å². The van der Waals surface area contributed by atoms with Gasteiger partial charge in [-0.05, 0) is 87.9 Å². The van der Waals surface area contributed by atoms with Gasteiger partial charge in [0.25, 0.3) is 5.91 Å². The van der Waals surface area contributed by atoms with E-state index in [0.29, 0.717) is 62.8 Å². The molecule has 1 aliphatic rings. The Labute approximate surface area is 309 Å². The second-order valence-corrected chi connectivity index (χ2v) is 13.9. The van der Waals surface area contributed by atoms with Gasteiger partial charge in [-0.15, -0.1) is 24.8 Å². The van der Waals surface area contributed by atoms with Crippen molar-refractivity contribution in [1.29, 1.82) is 0 Å². The number of carbonyl (C=O) groups excluding carboxylic acids is 2. The zero-order chi connectivity index (χ0) is 34.6. The second-order valence-electron chi connectivity index (χ2n) is 13.9. The van der Waals surface area contributed by atoms with Crippen molar-refractivity contribution in [3.05, 3.63) is 23.8 Å². The predicted molar refractivity (Wildman–Crippen MR) is 203 cm³/mol. The Balaban J connectivity index is 0.0000115. The summed E-state index contributed by atoms with van der Waals surface area (Å²) in [5, 5.41) is 17.2. The van der Waals surface area contributed by atoms with E-state index in [2.05, 4.69) is 36.3 Å². The highest BCUT2D eigenvalue weighted by Crippen LogP contribution is 2.27. The van der Waals surface area contributed by atoms with Gasteiger partial charge in [-0.25, -0.2) is 0 Å². The lowest BCUT2D eigenvalue weighted by Gasteiger charge is -2.30. The molecule has 286 valence electrons. The van der Waals surface area contributed by atoms with Gasteiger partial charge < -0.3 is 35.7 Å². The summed E-state index contributed by atoms with van der Waals surface area (Å²) in [6.45, 7) is 16.2. The summed E-state index contributed by atoms with van der Waals surface area (Å²) in [5.74, 6) is 0.970. The van der Waals surface area contributed by atoms with Crippen molar-refractivity contribution in [2.45, 2.75) is 105 Å². The number of nitrogens with zero attached hydrogens (tertiary/aromatic N) is 1. The number of nitrogens with two attached hydrogens (primary N) is 1. The van der Waals surface area contributed by atoms with Crippen molar-refractivity contribution in [2.75, 3.05) is 59.7 Å². The zero-order valence-corrected chi connectivity index (χ0v) is 32.7. The van der Waals surface area contributed by atoms with Crippen molar-refractivity contribution < 1.29 is 28.9 Å². The fraction of sp³-hybridized carbons (Fsp3) is 0.784. The van der Waals surface area contributed by atoms with Crippen LogP contribution in [0, 0.1) is 23.7 Å². The highest BCUT2D eigenvalue weighted by atomic mass is 35.5. The minimum absolute atomic E-state index is 0. The number of aliphatic hydroxyl groups excluding tert-OH is 1. The van der Waals surface area contributed by atoms with Crippen LogP contribution in [0.25, 0.3) is 0 Å². The molecule has 49 heavy (non-hydrogen) atoms. The molecule has 1 fully saturated rings. The molecule has 0 aromatic heterocycles. The zero-order valence-electron chi connectivity index (χ0n) is 31.0. The fourth-order valence-electron chi connectivity index (χ4n) is 5.96. The maximum Gasteiger partial charge on any atom is 0.255 e. The summed E-state index contributed by atoms with van der Waals surface area (Å²) >= 11 is 0. The van der Waals surface area contributed by atoms with Crippen molar-refractivity contribution in [3.8, 4) is 11.5 Å². The largest absolute Gasteiger partial charge is 0.493 e. The van der Waals surface area contributed by atoms with E-state index in [-0.39, 0.29) is 60.3 Å². The second kappa shape index (κ2) is 26.9. The first kappa shape index (κ1) is 47.2. The van der Waals surface area contributed by atoms with Crippen molar-refractivity contribution in [3.63, 3.8) is 0 Å². The quantitative estimate of drug-likeness (QED) is 0.0971. The number of likely N-dealkylation sites (tertiary alicyclic amines) is 1. The van der Waals surface area contributed by atoms with Crippen LogP contribution < -0.4 is 25.8 Å². The maximum atomic E-state index is 13.5. The van der Waals surface area contributed by atoms with Crippen LogP contribution in [0.15, 0.2) is 18.2 Å². The van der Waals surface area contributed by atoms with Gasteiger partial charge >= 0.3 is 0 Å². The lowest BCUT2D eigenvalue weighted by atomic mass is 9.83. The van der Waals surface area contributed by atoms with Crippen molar-refractivity contribution in [1.82, 2.24) is 15.5 Å². The number of unbranched alkanes of at least 4 members (excludes halogenated alkanes) is 2. The predicted octanol–water partition coefficient (Wildman–Crippen LogP) is 5.86. The van der Waals surface area contributed by atoms with Gasteiger partial charge in [0, 0.05) is 51.4 Å². The highest BCUT2D eigenvalue weighted by molar-refractivity contribution is 5.97. The molecular formula is C37H68Cl2N4O6. The number of carbonyl (C=O) groups is 2. The number of rotatable bonds is 24. The summed E-state index contributed by atoms with van der Waals surface area (Å²) in [4.78, 5) is 28.7. The Bertz CT molecular complexity index is 1030. The molecule has 4 unspecified atom stereocenters. The molecule has 10 nitrogen and oxygen atoms in total. The average molecular weight is 736 g/mol. The normalized spacial score (nSPS) is 15.8. The Morgan fingerprint density at radius 3 is 2.24 bits per heavy atom. The van der Waals surface area contributed by atoms with E-state index in [1.807, 2.05) is 26.0 Å². The van der Waals surface area contributed by atoms with E-state index >= 15 is 0 Å². The van der Waals surface area contributed by atoms with Crippen LogP contribution in [-0.2, 0) is 9.53 Å². The monoisotopic (exact) mass is 734 g/mol. The Morgan fingerprint density at radius 1 is 0.918 bits per heavy atom. The molecular weight excluding hydrogens is 667 g/mol. The number of amides is 2. The van der Waals surface area contributed by atoms with Crippen LogP contribution in [0.3, 0.4) is 0 Å². The number of nitrogens with one attached hydrogen (secondary N) is 2. The van der Waals surface area contributed by atoms with Crippen LogP contribution in [0.5, 0.6) is 11.5 Å². The number of methoxy groups -OCH3 is 1. The fourth-order valence-corrected chi connectivity index (χ4v) is 5.96. The van der Waals surface area contributed by atoms with Gasteiger partial charge in [-0.1, -0.05) is 47.5 Å². The molecule has 0 bridgehead atoms. The topological polar surface area (TPSA) is 135 Å². The lowest BCUT2D eigenvalue weighted by molar-refractivity contribution is -0.127. The molecule has 2 amide bonds. The summed E-state index contributed by atoms with van der Waals surface area (Å²) in [7, 11) is 1.68. The minimum atomic E-state index is -0.822. The molecule has 0 aliphatic carbocycles. The molecule has 4 atom stereocenters. The molecule has 1 aromatic carbocycles. The smallest absolute Gasteiger partial charge is 0.255 e. The van der Waals surface area contributed by atoms with Crippen LogP contribution in [0.2, 0.25) is 0 Å². The third-order valence-electron chi connectivity index (χ3n) is 9.33. The molecule has 12 heteroatoms. The summed E-state index contributed by atoms with van der Waals surface area (Å²) < 4.78 is 17.3. The van der Waals surface area contributed by atoms with Gasteiger partial charge in [-0.3, -0.25) is 14.5 Å². The number of ether oxygens (including phenoxy) is 3. The maximum absolute atomic E-state index is 13.5. The first-order valence-electron chi connectivity index (χ1n) is 18.2. The third-order valence-corrected chi connectivity index (χ3v) is 9.33. The third kappa shape index (κ3) is 18.3. The summed E-state index contributed by atoms with van der Waals surface area (Å²) in [5.41, 5.74) is 6.98. The van der Waals surface area contributed by atoms with Crippen LogP contribution in [-0.4, -0.2) is 93.6 Å². The van der Waals surface area contributed by atoms with Gasteiger partial charge in [0.05, 0.1) is 18.3 Å². The van der Waals surface area contributed by atoms with Gasteiger partial charge in [0.2, 0.25) is 5.91 Å². The average Bonchev–Trinajstić information content (AvgIpc) is 3.05. The Morgan fingerprint density at radius 2 is 1.61 bits per heavy atom. The molecule has 0 saturated carbocycles. The summed E-state index contributed by atoms with van der Waals surface area (Å²) in [6, 6.07) is 4.90. The lowest BCUT2D eigenvalue weighted by Crippen LogP contribution is -2.44. The minimum Gasteiger partial charge on any atom is -0.493 e. The van der Waals surface area contributed by atoms with E-state index in [9.17, 15) is 14.7 Å². The molecule has 1 saturated heterocycles. The molecule has 1 heterocycles. The van der Waals surface area contributed by atoms with Crippen molar-refractivity contribution >= 4 is 36.6 Å².